The molecular formula is C23H33N5O5. The molecule has 1 aromatic carbocycles. The summed E-state index contributed by atoms with van der Waals surface area (Å²) in [7, 11) is 3.19. The van der Waals surface area contributed by atoms with Crippen molar-refractivity contribution in [1.82, 2.24) is 19.6 Å². The molecule has 180 valence electrons. The van der Waals surface area contributed by atoms with E-state index in [9.17, 15) is 9.59 Å². The number of aromatic nitrogens is 2. The van der Waals surface area contributed by atoms with Crippen molar-refractivity contribution in [3.05, 3.63) is 42.5 Å². The topological polar surface area (TPSA) is 123 Å². The van der Waals surface area contributed by atoms with Crippen molar-refractivity contribution >= 4 is 12.0 Å². The van der Waals surface area contributed by atoms with E-state index in [1.165, 1.54) is 17.9 Å². The fraction of sp³-hybridized carbons (Fsp3) is 0.522. The van der Waals surface area contributed by atoms with Gasteiger partial charge in [-0.3, -0.25) is 4.79 Å². The Balaban J connectivity index is 0.000000286. The predicted octanol–water partition coefficient (Wildman–Crippen LogP) is 3.05. The lowest BCUT2D eigenvalue weighted by atomic mass is 10.0. The largest absolute Gasteiger partial charge is 0.493 e. The third kappa shape index (κ3) is 6.23. The summed E-state index contributed by atoms with van der Waals surface area (Å²) in [5.74, 6) is 0.869. The molecule has 3 N–H and O–H groups in total. The summed E-state index contributed by atoms with van der Waals surface area (Å²) < 4.78 is 13.5. The minimum atomic E-state index is -1.26. The van der Waals surface area contributed by atoms with Gasteiger partial charge in [-0.2, -0.15) is 5.01 Å². The lowest BCUT2D eigenvalue weighted by Crippen LogP contribution is -2.40. The Labute approximate surface area is 193 Å². The van der Waals surface area contributed by atoms with Crippen LogP contribution in [0.1, 0.15) is 50.1 Å². The summed E-state index contributed by atoms with van der Waals surface area (Å²) in [6, 6.07) is 5.18. The van der Waals surface area contributed by atoms with Crippen LogP contribution >= 0.6 is 0 Å². The molecule has 2 amide bonds. The third-order valence-electron chi connectivity index (χ3n) is 5.90. The van der Waals surface area contributed by atoms with Crippen LogP contribution in [0.15, 0.2) is 36.9 Å². The van der Waals surface area contributed by atoms with Crippen molar-refractivity contribution in [2.45, 2.75) is 57.2 Å². The van der Waals surface area contributed by atoms with E-state index in [0.717, 1.165) is 42.9 Å². The highest BCUT2D eigenvalue weighted by atomic mass is 16.5. The molecule has 2 aromatic rings. The molecule has 10 heteroatoms. The fourth-order valence-electron chi connectivity index (χ4n) is 4.15. The maximum Gasteiger partial charge on any atom is 0.429 e. The van der Waals surface area contributed by atoms with Gasteiger partial charge in [-0.1, -0.05) is 6.07 Å². The van der Waals surface area contributed by atoms with Crippen LogP contribution < -0.4 is 15.2 Å². The molecular weight excluding hydrogens is 426 g/mol. The number of amides is 2. The normalized spacial score (nSPS) is 18.8. The second kappa shape index (κ2) is 11.7. The molecule has 33 heavy (non-hydrogen) atoms. The minimum absolute atomic E-state index is 0.123. The first kappa shape index (κ1) is 24.5. The van der Waals surface area contributed by atoms with Crippen LogP contribution in [0.2, 0.25) is 0 Å². The zero-order valence-corrected chi connectivity index (χ0v) is 19.2. The average Bonchev–Trinajstić information content (AvgIpc) is 3.55. The highest BCUT2D eigenvalue weighted by Crippen LogP contribution is 2.38. The molecule has 1 saturated heterocycles. The first-order chi connectivity index (χ1) is 15.9. The number of aryl methyl sites for hydroxylation is 1. The van der Waals surface area contributed by atoms with Gasteiger partial charge in [-0.25, -0.2) is 14.8 Å². The second-order valence-corrected chi connectivity index (χ2v) is 8.16. The molecule has 1 aliphatic heterocycles. The Morgan fingerprint density at radius 3 is 2.61 bits per heavy atom. The van der Waals surface area contributed by atoms with Crippen LogP contribution in [0.3, 0.4) is 0 Å². The van der Waals surface area contributed by atoms with E-state index >= 15 is 0 Å². The van der Waals surface area contributed by atoms with Gasteiger partial charge in [0.1, 0.15) is 0 Å². The van der Waals surface area contributed by atoms with Crippen molar-refractivity contribution in [1.29, 1.82) is 0 Å². The Bertz CT molecular complexity index is 914. The van der Waals surface area contributed by atoms with Crippen molar-refractivity contribution in [2.75, 3.05) is 20.7 Å². The minimum Gasteiger partial charge on any atom is -0.493 e. The molecule has 0 spiro atoms. The van der Waals surface area contributed by atoms with Crippen molar-refractivity contribution < 1.29 is 24.2 Å². The van der Waals surface area contributed by atoms with E-state index in [-0.39, 0.29) is 18.6 Å². The number of imidazole rings is 1. The molecule has 1 saturated carbocycles. The lowest BCUT2D eigenvalue weighted by molar-refractivity contribution is -0.133. The standard InChI is InChI=1S/C17H22N2O5.C6H11N3/c1-18-13(10-16(20)19(18)17(21)22)11-7-8-14(23-2)15(9-11)24-12-5-3-4-6-12;7-2-1-4-9-5-3-8-6-9/h7-9,12-13H,3-6,10H2,1-2H3,(H,21,22);3,5-6H,1-2,4,7H2. The Kier molecular flexibility index (Phi) is 8.67. The maximum atomic E-state index is 11.9. The van der Waals surface area contributed by atoms with Gasteiger partial charge >= 0.3 is 6.09 Å². The summed E-state index contributed by atoms with van der Waals surface area (Å²) in [5, 5.41) is 11.4. The van der Waals surface area contributed by atoms with Crippen molar-refractivity contribution in [3.63, 3.8) is 0 Å². The van der Waals surface area contributed by atoms with Gasteiger partial charge in [0, 0.05) is 26.0 Å². The second-order valence-electron chi connectivity index (χ2n) is 8.16. The first-order valence-electron chi connectivity index (χ1n) is 11.2. The van der Waals surface area contributed by atoms with Crippen LogP contribution in [0, 0.1) is 0 Å². The SMILES string of the molecule is COc1ccc(C2CC(=O)N(C(=O)O)N2C)cc1OC1CCCC1.NCCCn1ccnc1. The van der Waals surface area contributed by atoms with Gasteiger partial charge in [0.15, 0.2) is 11.5 Å². The monoisotopic (exact) mass is 459 g/mol. The summed E-state index contributed by atoms with van der Waals surface area (Å²) >= 11 is 0. The molecule has 2 aliphatic rings. The van der Waals surface area contributed by atoms with Gasteiger partial charge in [0.25, 0.3) is 0 Å². The lowest BCUT2D eigenvalue weighted by Gasteiger charge is -2.25. The summed E-state index contributed by atoms with van der Waals surface area (Å²) in [6.07, 6.45) is 9.98. The Hall–Kier alpha value is -3.11. The summed E-state index contributed by atoms with van der Waals surface area (Å²) in [5.41, 5.74) is 6.15. The number of benzene rings is 1. The number of methoxy groups -OCH3 is 1. The van der Waals surface area contributed by atoms with E-state index in [1.54, 1.807) is 32.7 Å². The number of ether oxygens (including phenoxy) is 2. The van der Waals surface area contributed by atoms with Crippen LogP contribution in [0.25, 0.3) is 0 Å². The number of carbonyl (C=O) groups is 2. The zero-order valence-electron chi connectivity index (χ0n) is 19.2. The van der Waals surface area contributed by atoms with Gasteiger partial charge in [-0.05, 0) is 56.3 Å². The molecule has 1 atom stereocenters. The molecule has 1 aliphatic carbocycles. The molecule has 10 nitrogen and oxygen atoms in total. The van der Waals surface area contributed by atoms with Crippen molar-refractivity contribution in [2.24, 2.45) is 5.73 Å². The van der Waals surface area contributed by atoms with Crippen LogP contribution in [0.4, 0.5) is 4.79 Å². The van der Waals surface area contributed by atoms with Gasteiger partial charge in [0.2, 0.25) is 5.91 Å². The van der Waals surface area contributed by atoms with Gasteiger partial charge in [-0.15, -0.1) is 0 Å². The highest BCUT2D eigenvalue weighted by Gasteiger charge is 2.40. The smallest absolute Gasteiger partial charge is 0.429 e. The molecule has 0 radical (unpaired) electrons. The number of carbonyl (C=O) groups excluding carboxylic acids is 1. The molecule has 1 aromatic heterocycles. The number of nitrogens with zero attached hydrogens (tertiary/aromatic N) is 4. The number of hydrogen-bond acceptors (Lipinski definition) is 7. The number of nitrogens with two attached hydrogens (primary N) is 1. The van der Waals surface area contributed by atoms with Crippen LogP contribution in [-0.4, -0.2) is 63.5 Å². The first-order valence-corrected chi connectivity index (χ1v) is 11.2. The number of hydrogen-bond donors (Lipinski definition) is 2. The summed E-state index contributed by atoms with van der Waals surface area (Å²) in [6.45, 7) is 1.73. The summed E-state index contributed by atoms with van der Waals surface area (Å²) in [4.78, 5) is 27.1. The molecule has 2 fully saturated rings. The van der Waals surface area contributed by atoms with E-state index < -0.39 is 12.0 Å². The van der Waals surface area contributed by atoms with Crippen LogP contribution in [0.5, 0.6) is 11.5 Å². The molecule has 0 bridgehead atoms. The number of rotatable bonds is 7. The van der Waals surface area contributed by atoms with Crippen molar-refractivity contribution in [3.8, 4) is 11.5 Å². The number of hydrazine groups is 1. The average molecular weight is 460 g/mol. The zero-order chi connectivity index (χ0) is 23.8. The predicted molar refractivity (Wildman–Crippen MR) is 122 cm³/mol. The van der Waals surface area contributed by atoms with E-state index in [4.69, 9.17) is 20.3 Å². The quantitative estimate of drug-likeness (QED) is 0.648. The fourth-order valence-corrected chi connectivity index (χ4v) is 4.15. The van der Waals surface area contributed by atoms with Gasteiger partial charge in [0.05, 0.1) is 32.0 Å². The van der Waals surface area contributed by atoms with E-state index in [1.807, 2.05) is 22.9 Å². The molecule has 4 rings (SSSR count). The highest BCUT2D eigenvalue weighted by molar-refractivity contribution is 5.92. The Morgan fingerprint density at radius 2 is 2.03 bits per heavy atom. The molecule has 1 unspecified atom stereocenters. The third-order valence-corrected chi connectivity index (χ3v) is 5.90. The Morgan fingerprint density at radius 1 is 1.27 bits per heavy atom. The van der Waals surface area contributed by atoms with E-state index in [2.05, 4.69) is 4.98 Å². The van der Waals surface area contributed by atoms with E-state index in [0.29, 0.717) is 11.5 Å². The number of imide groups is 1. The number of carboxylic acid groups (broad SMARTS) is 1. The van der Waals surface area contributed by atoms with Gasteiger partial charge < -0.3 is 24.9 Å². The maximum absolute atomic E-state index is 11.9. The van der Waals surface area contributed by atoms with Crippen LogP contribution in [-0.2, 0) is 11.3 Å². The molecule has 2 heterocycles.